The average molecular weight is 344 g/mol. The van der Waals surface area contributed by atoms with Crippen LogP contribution >= 0.6 is 12.6 Å². The number of aryl methyl sites for hydroxylation is 2. The molecule has 1 aromatic carbocycles. The zero-order chi connectivity index (χ0) is 18.1. The molecule has 2 heterocycles. The molecule has 0 spiro atoms. The fourth-order valence-corrected chi connectivity index (χ4v) is 3.13. The molecule has 0 bridgehead atoms. The lowest BCUT2D eigenvalue weighted by Gasteiger charge is -2.27. The average Bonchev–Trinajstić information content (AvgIpc) is 2.84. The molecule has 3 rings (SSSR count). The van der Waals surface area contributed by atoms with Gasteiger partial charge in [0.25, 0.3) is 0 Å². The first-order chi connectivity index (χ1) is 11.3. The molecular formula is C20H29N3S. The molecule has 3 nitrogen and oxygen atoms in total. The Bertz CT molecular complexity index is 821. The Morgan fingerprint density at radius 3 is 2.25 bits per heavy atom. The lowest BCUT2D eigenvalue weighted by Crippen LogP contribution is -2.39. The van der Waals surface area contributed by atoms with E-state index in [0.717, 1.165) is 28.5 Å². The molecule has 1 unspecified atom stereocenters. The maximum Gasteiger partial charge on any atom is 0.141 e. The highest BCUT2D eigenvalue weighted by Crippen LogP contribution is 2.26. The largest absolute Gasteiger partial charge is 0.397 e. The Balaban J connectivity index is 0.00000100. The molecule has 4 heteroatoms. The number of hydrogen-bond donors (Lipinski definition) is 2. The van der Waals surface area contributed by atoms with Crippen molar-refractivity contribution in [3.05, 3.63) is 46.2 Å². The number of fused-ring (bicyclic) bond motifs is 1. The number of nitrogens with two attached hydrogens (primary N) is 1. The standard InChI is InChI=1S/C19H25N3.CH4S/c1-12-8-13(2)10-14(9-12)22-11-16(20)15-6-7-17(19(3,4)5)21-18(15)22;1-2/h6,8-11,17H,7,20H2,1-5H3;2H,1H3. The number of benzene rings is 1. The minimum Gasteiger partial charge on any atom is -0.397 e. The molecule has 24 heavy (non-hydrogen) atoms. The monoisotopic (exact) mass is 343 g/mol. The van der Waals surface area contributed by atoms with E-state index in [9.17, 15) is 0 Å². The number of rotatable bonds is 1. The van der Waals surface area contributed by atoms with Gasteiger partial charge in [0.1, 0.15) is 5.49 Å². The molecule has 0 saturated carbocycles. The van der Waals surface area contributed by atoms with Crippen LogP contribution in [-0.4, -0.2) is 16.9 Å². The molecular weight excluding hydrogens is 314 g/mol. The summed E-state index contributed by atoms with van der Waals surface area (Å²) >= 11 is 3.53. The van der Waals surface area contributed by atoms with Crippen molar-refractivity contribution >= 4 is 24.4 Å². The molecule has 1 aromatic heterocycles. The summed E-state index contributed by atoms with van der Waals surface area (Å²) in [6.07, 6.45) is 6.90. The van der Waals surface area contributed by atoms with Gasteiger partial charge >= 0.3 is 0 Å². The Morgan fingerprint density at radius 1 is 1.12 bits per heavy atom. The van der Waals surface area contributed by atoms with Crippen molar-refractivity contribution < 1.29 is 0 Å². The second kappa shape index (κ2) is 7.06. The molecule has 2 aromatic rings. The van der Waals surface area contributed by atoms with Crippen LogP contribution in [0, 0.1) is 19.3 Å². The smallest absolute Gasteiger partial charge is 0.141 e. The molecule has 1 aliphatic rings. The number of thiol groups is 1. The van der Waals surface area contributed by atoms with Crippen LogP contribution in [0.2, 0.25) is 0 Å². The second-order valence-corrected chi connectivity index (χ2v) is 7.49. The van der Waals surface area contributed by atoms with Gasteiger partial charge in [0.05, 0.1) is 11.7 Å². The van der Waals surface area contributed by atoms with Crippen LogP contribution in [0.25, 0.3) is 11.8 Å². The number of aromatic nitrogens is 1. The van der Waals surface area contributed by atoms with Crippen LogP contribution < -0.4 is 16.4 Å². The van der Waals surface area contributed by atoms with Crippen molar-refractivity contribution in [1.82, 2.24) is 4.57 Å². The zero-order valence-corrected chi connectivity index (χ0v) is 16.5. The van der Waals surface area contributed by atoms with Crippen molar-refractivity contribution in [2.75, 3.05) is 12.0 Å². The van der Waals surface area contributed by atoms with Crippen molar-refractivity contribution in [3.63, 3.8) is 0 Å². The Kier molecular flexibility index (Phi) is 5.49. The summed E-state index contributed by atoms with van der Waals surface area (Å²) in [5.41, 5.74) is 11.8. The number of nitrogen functional groups attached to an aromatic ring is 1. The summed E-state index contributed by atoms with van der Waals surface area (Å²) in [6, 6.07) is 6.84. The fraction of sp³-hybridized carbons (Fsp3) is 0.450. The van der Waals surface area contributed by atoms with E-state index in [0.29, 0.717) is 6.04 Å². The SMILES string of the molecule is CS.Cc1cc(C)cc(-n2cc(N)c3c2=NC(C(C)(C)C)CC=3)c1. The van der Waals surface area contributed by atoms with E-state index in [1.807, 2.05) is 6.20 Å². The topological polar surface area (TPSA) is 43.3 Å². The van der Waals surface area contributed by atoms with E-state index in [4.69, 9.17) is 10.7 Å². The van der Waals surface area contributed by atoms with Gasteiger partial charge in [0.2, 0.25) is 0 Å². The molecule has 0 amide bonds. The minimum atomic E-state index is 0.153. The molecule has 2 N–H and O–H groups in total. The van der Waals surface area contributed by atoms with Crippen LogP contribution in [-0.2, 0) is 0 Å². The van der Waals surface area contributed by atoms with Crippen LogP contribution in [0.3, 0.4) is 0 Å². The predicted octanol–water partition coefficient (Wildman–Crippen LogP) is 3.44. The van der Waals surface area contributed by atoms with E-state index in [-0.39, 0.29) is 5.41 Å². The van der Waals surface area contributed by atoms with Gasteiger partial charge in [0, 0.05) is 17.1 Å². The fourth-order valence-electron chi connectivity index (χ4n) is 3.13. The third-order valence-electron chi connectivity index (χ3n) is 4.36. The van der Waals surface area contributed by atoms with Gasteiger partial charge in [0.15, 0.2) is 0 Å². The van der Waals surface area contributed by atoms with Crippen molar-refractivity contribution in [2.45, 2.75) is 47.1 Å². The third kappa shape index (κ3) is 3.69. The highest BCUT2D eigenvalue weighted by atomic mass is 32.1. The second-order valence-electron chi connectivity index (χ2n) is 7.49. The normalized spacial score (nSPS) is 16.4. The van der Waals surface area contributed by atoms with Gasteiger partial charge in [-0.2, -0.15) is 12.6 Å². The number of nitrogens with zero attached hydrogens (tertiary/aromatic N) is 2. The van der Waals surface area contributed by atoms with E-state index in [1.165, 1.54) is 11.1 Å². The van der Waals surface area contributed by atoms with Crippen LogP contribution in [0.1, 0.15) is 38.3 Å². The summed E-state index contributed by atoms with van der Waals surface area (Å²) < 4.78 is 2.14. The first-order valence-electron chi connectivity index (χ1n) is 8.34. The Hall–Kier alpha value is -1.68. The molecule has 1 atom stereocenters. The Labute approximate surface area is 150 Å². The Morgan fingerprint density at radius 2 is 1.71 bits per heavy atom. The van der Waals surface area contributed by atoms with Gasteiger partial charge in [-0.25, -0.2) is 0 Å². The van der Waals surface area contributed by atoms with Gasteiger partial charge in [-0.3, -0.25) is 9.56 Å². The van der Waals surface area contributed by atoms with E-state index in [2.05, 4.69) is 76.1 Å². The zero-order valence-electron chi connectivity index (χ0n) is 15.6. The molecule has 1 aliphatic heterocycles. The summed E-state index contributed by atoms with van der Waals surface area (Å²) in [4.78, 5) is 5.02. The van der Waals surface area contributed by atoms with Gasteiger partial charge in [-0.05, 0) is 55.2 Å². The summed E-state index contributed by atoms with van der Waals surface area (Å²) in [7, 11) is 0. The summed E-state index contributed by atoms with van der Waals surface area (Å²) in [6.45, 7) is 11.0. The highest BCUT2D eigenvalue weighted by molar-refractivity contribution is 7.79. The van der Waals surface area contributed by atoms with Gasteiger partial charge in [-0.1, -0.05) is 32.9 Å². The predicted molar refractivity (Wildman–Crippen MR) is 108 cm³/mol. The summed E-state index contributed by atoms with van der Waals surface area (Å²) in [5, 5.41) is 1.08. The third-order valence-corrected chi connectivity index (χ3v) is 4.36. The number of anilines is 1. The van der Waals surface area contributed by atoms with Crippen LogP contribution in [0.15, 0.2) is 29.4 Å². The van der Waals surface area contributed by atoms with Crippen LogP contribution in [0.5, 0.6) is 0 Å². The van der Waals surface area contributed by atoms with E-state index < -0.39 is 0 Å². The quantitative estimate of drug-likeness (QED) is 0.765. The molecule has 0 radical (unpaired) electrons. The lowest BCUT2D eigenvalue weighted by molar-refractivity contribution is 0.319. The lowest BCUT2D eigenvalue weighted by atomic mass is 9.84. The van der Waals surface area contributed by atoms with Crippen LogP contribution in [0.4, 0.5) is 5.69 Å². The van der Waals surface area contributed by atoms with Crippen molar-refractivity contribution in [3.8, 4) is 5.69 Å². The minimum absolute atomic E-state index is 0.153. The summed E-state index contributed by atoms with van der Waals surface area (Å²) in [5.74, 6) is 0. The molecule has 130 valence electrons. The highest BCUT2D eigenvalue weighted by Gasteiger charge is 2.25. The molecule has 0 aliphatic carbocycles. The number of hydrogen-bond acceptors (Lipinski definition) is 3. The van der Waals surface area contributed by atoms with Crippen molar-refractivity contribution in [2.24, 2.45) is 10.4 Å². The van der Waals surface area contributed by atoms with Crippen molar-refractivity contribution in [1.29, 1.82) is 0 Å². The van der Waals surface area contributed by atoms with Gasteiger partial charge < -0.3 is 5.73 Å². The molecule has 0 saturated heterocycles. The first-order valence-corrected chi connectivity index (χ1v) is 9.23. The maximum absolute atomic E-state index is 6.22. The van der Waals surface area contributed by atoms with Gasteiger partial charge in [-0.15, -0.1) is 0 Å². The van der Waals surface area contributed by atoms with E-state index >= 15 is 0 Å². The maximum atomic E-state index is 6.22. The first kappa shape index (κ1) is 18.7. The van der Waals surface area contributed by atoms with E-state index in [1.54, 1.807) is 6.26 Å². The molecule has 0 fully saturated rings.